The van der Waals surface area contributed by atoms with Crippen LogP contribution in [-0.2, 0) is 4.84 Å². The van der Waals surface area contributed by atoms with Gasteiger partial charge in [0.2, 0.25) is 0 Å². The first-order chi connectivity index (χ1) is 3.81. The second kappa shape index (κ2) is 12.1. The Morgan fingerprint density at radius 2 is 2.00 bits per heavy atom. The molecule has 0 rings (SSSR count). The minimum atomic E-state index is 0. The number of nitrogens with two attached hydrogens (primary N) is 1. The lowest BCUT2D eigenvalue weighted by Crippen LogP contribution is -2.26. The van der Waals surface area contributed by atoms with Crippen LogP contribution in [0, 0.1) is 0 Å². The fraction of sp³-hybridized carbons (Fsp3) is 1.00. The normalized spacial score (nSPS) is 8.40. The molecule has 0 radical (unpaired) electrons. The van der Waals surface area contributed by atoms with Crippen LogP contribution in [0.2, 0.25) is 0 Å². The fourth-order valence-electron chi connectivity index (χ4n) is 0.324. The van der Waals surface area contributed by atoms with Crippen LogP contribution in [0.1, 0.15) is 6.92 Å². The van der Waals surface area contributed by atoms with Gasteiger partial charge in [0.05, 0.1) is 13.2 Å². The third kappa shape index (κ3) is 11.2. The SMILES string of the molecule is CCON(O)CCN.Cl.Cl. The van der Waals surface area contributed by atoms with E-state index in [4.69, 9.17) is 10.9 Å². The van der Waals surface area contributed by atoms with Gasteiger partial charge in [-0.05, 0) is 6.92 Å². The Morgan fingerprint density at radius 3 is 2.30 bits per heavy atom. The number of nitrogens with zero attached hydrogens (tertiary/aromatic N) is 1. The van der Waals surface area contributed by atoms with Crippen LogP contribution in [0.3, 0.4) is 0 Å². The number of hydroxylamine groups is 2. The predicted octanol–water partition coefficient (Wildman–Crippen LogP) is 0.431. The number of hydrogen-bond donors (Lipinski definition) is 2. The first-order valence-corrected chi connectivity index (χ1v) is 2.60. The van der Waals surface area contributed by atoms with Crippen molar-refractivity contribution in [1.29, 1.82) is 0 Å². The summed E-state index contributed by atoms with van der Waals surface area (Å²) >= 11 is 0. The van der Waals surface area contributed by atoms with Crippen LogP contribution in [0.4, 0.5) is 0 Å². The fourth-order valence-corrected chi connectivity index (χ4v) is 0.324. The van der Waals surface area contributed by atoms with E-state index in [0.717, 1.165) is 5.23 Å². The molecule has 0 aromatic heterocycles. The number of rotatable bonds is 4. The maximum absolute atomic E-state index is 8.58. The van der Waals surface area contributed by atoms with Crippen LogP contribution >= 0.6 is 24.8 Å². The molecule has 0 aliphatic heterocycles. The highest BCUT2D eigenvalue weighted by Gasteiger charge is 1.93. The Hall–Kier alpha value is 0.420. The Morgan fingerprint density at radius 1 is 1.50 bits per heavy atom. The summed E-state index contributed by atoms with van der Waals surface area (Å²) in [7, 11) is 0. The van der Waals surface area contributed by atoms with Crippen LogP contribution in [-0.4, -0.2) is 30.1 Å². The van der Waals surface area contributed by atoms with E-state index in [0.29, 0.717) is 19.7 Å². The molecule has 0 aromatic carbocycles. The predicted molar refractivity (Wildman–Crippen MR) is 43.7 cm³/mol. The summed E-state index contributed by atoms with van der Waals surface area (Å²) in [5.41, 5.74) is 5.08. The van der Waals surface area contributed by atoms with Crippen molar-refractivity contribution in [3.8, 4) is 0 Å². The molecule has 0 atom stereocenters. The monoisotopic (exact) mass is 192 g/mol. The van der Waals surface area contributed by atoms with Crippen molar-refractivity contribution < 1.29 is 10.0 Å². The van der Waals surface area contributed by atoms with Gasteiger partial charge in [0.25, 0.3) is 0 Å². The average Bonchev–Trinajstić information content (AvgIpc) is 1.68. The third-order valence-electron chi connectivity index (χ3n) is 0.599. The first kappa shape index (κ1) is 16.8. The van der Waals surface area contributed by atoms with Gasteiger partial charge in [-0.15, -0.1) is 24.8 Å². The van der Waals surface area contributed by atoms with E-state index in [1.807, 2.05) is 0 Å². The topological polar surface area (TPSA) is 58.7 Å². The summed E-state index contributed by atoms with van der Waals surface area (Å²) in [6.07, 6.45) is 0. The molecular weight excluding hydrogens is 179 g/mol. The molecule has 0 aliphatic rings. The van der Waals surface area contributed by atoms with Crippen molar-refractivity contribution in [2.75, 3.05) is 19.7 Å². The molecule has 4 nitrogen and oxygen atoms in total. The molecule has 0 saturated carbocycles. The van der Waals surface area contributed by atoms with Gasteiger partial charge in [-0.2, -0.15) is 0 Å². The molecule has 0 bridgehead atoms. The van der Waals surface area contributed by atoms with Gasteiger partial charge in [-0.25, -0.2) is 0 Å². The summed E-state index contributed by atoms with van der Waals surface area (Å²) < 4.78 is 0. The van der Waals surface area contributed by atoms with Crippen molar-refractivity contribution >= 4 is 24.8 Å². The highest BCUT2D eigenvalue weighted by Crippen LogP contribution is 1.79. The van der Waals surface area contributed by atoms with Crippen LogP contribution in [0.25, 0.3) is 0 Å². The second-order valence-corrected chi connectivity index (χ2v) is 1.28. The summed E-state index contributed by atoms with van der Waals surface area (Å²) in [6, 6.07) is 0. The molecule has 0 amide bonds. The quantitative estimate of drug-likeness (QED) is 0.635. The molecule has 0 saturated heterocycles. The third-order valence-corrected chi connectivity index (χ3v) is 0.599. The van der Waals surface area contributed by atoms with Crippen molar-refractivity contribution in [2.24, 2.45) is 5.73 Å². The van der Waals surface area contributed by atoms with E-state index in [-0.39, 0.29) is 24.8 Å². The molecule has 0 heterocycles. The summed E-state index contributed by atoms with van der Waals surface area (Å²) in [6.45, 7) is 3.01. The number of hydrogen-bond acceptors (Lipinski definition) is 4. The van der Waals surface area contributed by atoms with E-state index in [2.05, 4.69) is 4.84 Å². The summed E-state index contributed by atoms with van der Waals surface area (Å²) in [5.74, 6) is 0. The average molecular weight is 193 g/mol. The molecular formula is C4H14Cl2N2O2. The largest absolute Gasteiger partial charge is 0.329 e. The zero-order chi connectivity index (χ0) is 6.41. The lowest BCUT2D eigenvalue weighted by Gasteiger charge is -2.10. The second-order valence-electron chi connectivity index (χ2n) is 1.28. The van der Waals surface area contributed by atoms with Gasteiger partial charge >= 0.3 is 0 Å². The molecule has 66 valence electrons. The van der Waals surface area contributed by atoms with E-state index in [9.17, 15) is 0 Å². The van der Waals surface area contributed by atoms with Crippen LogP contribution in [0.15, 0.2) is 0 Å². The lowest BCUT2D eigenvalue weighted by atomic mass is 10.7. The van der Waals surface area contributed by atoms with Gasteiger partial charge in [0.1, 0.15) is 0 Å². The van der Waals surface area contributed by atoms with Crippen LogP contribution < -0.4 is 5.73 Å². The molecule has 6 heteroatoms. The molecule has 0 unspecified atom stereocenters. The minimum absolute atomic E-state index is 0. The van der Waals surface area contributed by atoms with Crippen molar-refractivity contribution in [2.45, 2.75) is 6.92 Å². The van der Waals surface area contributed by atoms with Gasteiger partial charge in [-0.3, -0.25) is 10.0 Å². The first-order valence-electron chi connectivity index (χ1n) is 2.60. The van der Waals surface area contributed by atoms with Crippen molar-refractivity contribution in [3.05, 3.63) is 0 Å². The Balaban J connectivity index is -0.000000245. The molecule has 3 N–H and O–H groups in total. The Labute approximate surface area is 73.1 Å². The Bertz CT molecular complexity index is 52.5. The number of halogens is 2. The van der Waals surface area contributed by atoms with Crippen LogP contribution in [0.5, 0.6) is 0 Å². The smallest absolute Gasteiger partial charge is 0.0683 e. The maximum Gasteiger partial charge on any atom is 0.0683 e. The van der Waals surface area contributed by atoms with Gasteiger partial charge in [0.15, 0.2) is 0 Å². The molecule has 0 fully saturated rings. The molecule has 10 heavy (non-hydrogen) atoms. The van der Waals surface area contributed by atoms with E-state index in [1.54, 1.807) is 6.92 Å². The standard InChI is InChI=1S/C4H12N2O2.2ClH/c1-2-8-6(7)4-3-5;;/h7H,2-5H2,1H3;2*1H. The Kier molecular flexibility index (Phi) is 20.4. The maximum atomic E-state index is 8.58. The molecule has 0 aliphatic carbocycles. The van der Waals surface area contributed by atoms with E-state index >= 15 is 0 Å². The zero-order valence-electron chi connectivity index (χ0n) is 5.82. The lowest BCUT2D eigenvalue weighted by molar-refractivity contribution is -0.336. The zero-order valence-corrected chi connectivity index (χ0v) is 7.45. The van der Waals surface area contributed by atoms with Gasteiger partial charge < -0.3 is 5.73 Å². The minimum Gasteiger partial charge on any atom is -0.329 e. The molecule has 0 aromatic rings. The van der Waals surface area contributed by atoms with Crippen molar-refractivity contribution in [3.63, 3.8) is 0 Å². The summed E-state index contributed by atoms with van der Waals surface area (Å²) in [5, 5.41) is 9.32. The van der Waals surface area contributed by atoms with Crippen molar-refractivity contribution in [1.82, 2.24) is 5.23 Å². The van der Waals surface area contributed by atoms with Gasteiger partial charge in [0, 0.05) is 6.54 Å². The highest BCUT2D eigenvalue weighted by atomic mass is 35.5. The van der Waals surface area contributed by atoms with E-state index < -0.39 is 0 Å². The van der Waals surface area contributed by atoms with Gasteiger partial charge in [-0.1, -0.05) is 5.23 Å². The highest BCUT2D eigenvalue weighted by molar-refractivity contribution is 5.85. The summed E-state index contributed by atoms with van der Waals surface area (Å²) in [4.78, 5) is 4.59. The van der Waals surface area contributed by atoms with E-state index in [1.165, 1.54) is 0 Å². The molecule has 0 spiro atoms.